The van der Waals surface area contributed by atoms with Gasteiger partial charge in [0.05, 0.1) is 23.1 Å². The Morgan fingerprint density at radius 1 is 1.09 bits per heavy atom. The lowest BCUT2D eigenvalue weighted by molar-refractivity contribution is 0.601. The molecule has 0 radical (unpaired) electrons. The number of hydrogen-bond donors (Lipinski definition) is 2. The Balaban J connectivity index is 1.84. The maximum Gasteiger partial charge on any atom is 0.261 e. The van der Waals surface area contributed by atoms with Crippen LogP contribution in [0.15, 0.2) is 66.0 Å². The molecule has 0 spiro atoms. The van der Waals surface area contributed by atoms with E-state index in [-0.39, 0.29) is 4.90 Å². The lowest BCUT2D eigenvalue weighted by Crippen LogP contribution is -2.12. The van der Waals surface area contributed by atoms with Crippen molar-refractivity contribution in [3.8, 4) is 11.3 Å². The van der Waals surface area contributed by atoms with Gasteiger partial charge in [-0.05, 0) is 35.9 Å². The molecule has 0 saturated heterocycles. The smallest absolute Gasteiger partial charge is 0.261 e. The highest BCUT2D eigenvalue weighted by atomic mass is 35.5. The molecule has 5 nitrogen and oxygen atoms in total. The average molecular weight is 334 g/mol. The fourth-order valence-electron chi connectivity index (χ4n) is 1.98. The third-order valence-corrected chi connectivity index (χ3v) is 4.67. The van der Waals surface area contributed by atoms with Crippen molar-refractivity contribution in [2.75, 3.05) is 4.72 Å². The maximum absolute atomic E-state index is 12.3. The summed E-state index contributed by atoms with van der Waals surface area (Å²) in [5.74, 6) is 0. The van der Waals surface area contributed by atoms with Gasteiger partial charge in [-0.25, -0.2) is 13.4 Å². The second-order valence-corrected chi connectivity index (χ2v) is 6.72. The summed E-state index contributed by atoms with van der Waals surface area (Å²) in [6.07, 6.45) is 3.29. The van der Waals surface area contributed by atoms with E-state index in [0.717, 1.165) is 11.3 Å². The van der Waals surface area contributed by atoms with Crippen molar-refractivity contribution < 1.29 is 8.42 Å². The number of halogens is 1. The first-order chi connectivity index (χ1) is 10.5. The van der Waals surface area contributed by atoms with E-state index in [1.54, 1.807) is 36.8 Å². The summed E-state index contributed by atoms with van der Waals surface area (Å²) >= 11 is 5.83. The number of aromatic amines is 1. The number of anilines is 1. The van der Waals surface area contributed by atoms with E-state index >= 15 is 0 Å². The van der Waals surface area contributed by atoms with Crippen LogP contribution in [0.2, 0.25) is 5.02 Å². The summed E-state index contributed by atoms with van der Waals surface area (Å²) < 4.78 is 27.1. The molecule has 0 aliphatic carbocycles. The largest absolute Gasteiger partial charge is 0.345 e. The van der Waals surface area contributed by atoms with Gasteiger partial charge in [0.2, 0.25) is 0 Å². The summed E-state index contributed by atoms with van der Waals surface area (Å²) in [6, 6.07) is 13.1. The number of nitrogens with zero attached hydrogens (tertiary/aromatic N) is 1. The molecular weight excluding hydrogens is 322 g/mol. The van der Waals surface area contributed by atoms with E-state index < -0.39 is 10.0 Å². The van der Waals surface area contributed by atoms with Crippen LogP contribution in [0.4, 0.5) is 5.69 Å². The van der Waals surface area contributed by atoms with Crippen molar-refractivity contribution >= 4 is 27.3 Å². The van der Waals surface area contributed by atoms with Crippen LogP contribution in [0.5, 0.6) is 0 Å². The van der Waals surface area contributed by atoms with Gasteiger partial charge in [-0.3, -0.25) is 4.72 Å². The first-order valence-corrected chi connectivity index (χ1v) is 8.28. The molecule has 1 aromatic heterocycles. The SMILES string of the molecule is O=S(=O)(Nc1ccc(-c2cnc[nH]2)cc1)c1cccc(Cl)c1. The second kappa shape index (κ2) is 5.82. The van der Waals surface area contributed by atoms with E-state index in [2.05, 4.69) is 14.7 Å². The third kappa shape index (κ3) is 3.13. The average Bonchev–Trinajstić information content (AvgIpc) is 3.02. The minimum atomic E-state index is -3.66. The molecule has 0 fully saturated rings. The third-order valence-electron chi connectivity index (χ3n) is 3.05. The zero-order valence-electron chi connectivity index (χ0n) is 11.3. The topological polar surface area (TPSA) is 74.8 Å². The molecule has 112 valence electrons. The van der Waals surface area contributed by atoms with Crippen molar-refractivity contribution in [1.82, 2.24) is 9.97 Å². The van der Waals surface area contributed by atoms with Gasteiger partial charge in [0.15, 0.2) is 0 Å². The van der Waals surface area contributed by atoms with Crippen molar-refractivity contribution in [3.63, 3.8) is 0 Å². The lowest BCUT2D eigenvalue weighted by atomic mass is 10.1. The molecule has 0 amide bonds. The predicted molar refractivity (Wildman–Crippen MR) is 86.3 cm³/mol. The van der Waals surface area contributed by atoms with E-state index in [1.807, 2.05) is 12.1 Å². The molecule has 0 aliphatic heterocycles. The number of nitrogens with one attached hydrogen (secondary N) is 2. The number of benzene rings is 2. The van der Waals surface area contributed by atoms with E-state index in [0.29, 0.717) is 10.7 Å². The first-order valence-electron chi connectivity index (χ1n) is 6.42. The molecule has 0 bridgehead atoms. The van der Waals surface area contributed by atoms with Crippen LogP contribution in [0.1, 0.15) is 0 Å². The molecule has 2 N–H and O–H groups in total. The Morgan fingerprint density at radius 2 is 1.86 bits per heavy atom. The fourth-order valence-corrected chi connectivity index (χ4v) is 3.34. The van der Waals surface area contributed by atoms with Gasteiger partial charge in [-0.1, -0.05) is 29.8 Å². The summed E-state index contributed by atoms with van der Waals surface area (Å²) in [5.41, 5.74) is 2.26. The predicted octanol–water partition coefficient (Wildman–Crippen LogP) is 3.53. The molecule has 0 aliphatic rings. The highest BCUT2D eigenvalue weighted by Crippen LogP contribution is 2.22. The molecule has 2 aromatic carbocycles. The number of imidazole rings is 1. The van der Waals surface area contributed by atoms with Crippen LogP contribution in [0.25, 0.3) is 11.3 Å². The molecule has 3 rings (SSSR count). The van der Waals surface area contributed by atoms with Crippen LogP contribution >= 0.6 is 11.6 Å². The van der Waals surface area contributed by atoms with Crippen molar-refractivity contribution in [3.05, 3.63) is 66.1 Å². The Hall–Kier alpha value is -2.31. The van der Waals surface area contributed by atoms with Gasteiger partial charge < -0.3 is 4.98 Å². The summed E-state index contributed by atoms with van der Waals surface area (Å²) in [5, 5.41) is 0.373. The van der Waals surface area contributed by atoms with Crippen LogP contribution in [0, 0.1) is 0 Å². The molecule has 1 heterocycles. The zero-order chi connectivity index (χ0) is 15.6. The first kappa shape index (κ1) is 14.6. The van der Waals surface area contributed by atoms with E-state index in [4.69, 9.17) is 11.6 Å². The maximum atomic E-state index is 12.3. The number of aromatic nitrogens is 2. The van der Waals surface area contributed by atoms with Gasteiger partial charge in [0.1, 0.15) is 0 Å². The summed E-state index contributed by atoms with van der Waals surface area (Å²) in [6.45, 7) is 0. The quantitative estimate of drug-likeness (QED) is 0.767. The highest BCUT2D eigenvalue weighted by Gasteiger charge is 2.14. The van der Waals surface area contributed by atoms with Crippen LogP contribution in [-0.4, -0.2) is 18.4 Å². The standard InChI is InChI=1S/C15H12ClN3O2S/c16-12-2-1-3-14(8-12)22(20,21)19-13-6-4-11(5-7-13)15-9-17-10-18-15/h1-10,19H,(H,17,18). The van der Waals surface area contributed by atoms with Crippen LogP contribution in [0.3, 0.4) is 0 Å². The Kier molecular flexibility index (Phi) is 3.87. The van der Waals surface area contributed by atoms with Gasteiger partial charge in [0, 0.05) is 10.7 Å². The number of H-pyrrole nitrogens is 1. The number of hydrogen-bond acceptors (Lipinski definition) is 3. The zero-order valence-corrected chi connectivity index (χ0v) is 12.9. The van der Waals surface area contributed by atoms with Crippen LogP contribution < -0.4 is 4.72 Å². The summed E-state index contributed by atoms with van der Waals surface area (Å²) in [4.78, 5) is 7.06. The highest BCUT2D eigenvalue weighted by molar-refractivity contribution is 7.92. The molecule has 7 heteroatoms. The molecule has 0 unspecified atom stereocenters. The minimum absolute atomic E-state index is 0.123. The van der Waals surface area contributed by atoms with Gasteiger partial charge in [0.25, 0.3) is 10.0 Å². The second-order valence-electron chi connectivity index (χ2n) is 4.61. The van der Waals surface area contributed by atoms with E-state index in [9.17, 15) is 8.42 Å². The molecule has 22 heavy (non-hydrogen) atoms. The van der Waals surface area contributed by atoms with Gasteiger partial charge in [-0.2, -0.15) is 0 Å². The molecule has 0 saturated carbocycles. The summed E-state index contributed by atoms with van der Waals surface area (Å²) in [7, 11) is -3.66. The Bertz CT molecular complexity index is 875. The monoisotopic (exact) mass is 333 g/mol. The van der Waals surface area contributed by atoms with Crippen LogP contribution in [-0.2, 0) is 10.0 Å². The normalized spacial score (nSPS) is 11.3. The Morgan fingerprint density at radius 3 is 2.50 bits per heavy atom. The molecule has 0 atom stereocenters. The van der Waals surface area contributed by atoms with Gasteiger partial charge >= 0.3 is 0 Å². The number of sulfonamides is 1. The minimum Gasteiger partial charge on any atom is -0.345 e. The van der Waals surface area contributed by atoms with E-state index in [1.165, 1.54) is 12.1 Å². The van der Waals surface area contributed by atoms with Crippen molar-refractivity contribution in [2.45, 2.75) is 4.90 Å². The Labute approximate surface area is 133 Å². The molecular formula is C15H12ClN3O2S. The lowest BCUT2D eigenvalue weighted by Gasteiger charge is -2.09. The molecule has 3 aromatic rings. The van der Waals surface area contributed by atoms with Gasteiger partial charge in [-0.15, -0.1) is 0 Å². The van der Waals surface area contributed by atoms with Crippen molar-refractivity contribution in [2.24, 2.45) is 0 Å². The van der Waals surface area contributed by atoms with Crippen molar-refractivity contribution in [1.29, 1.82) is 0 Å². The number of rotatable bonds is 4. The fraction of sp³-hybridized carbons (Fsp3) is 0.